The normalized spacial score (nSPS) is 16.6. The summed E-state index contributed by atoms with van der Waals surface area (Å²) < 4.78 is 5.41. The Morgan fingerprint density at radius 1 is 1.37 bits per heavy atom. The van der Waals surface area contributed by atoms with Crippen molar-refractivity contribution in [3.8, 4) is 5.75 Å². The summed E-state index contributed by atoms with van der Waals surface area (Å²) in [5.74, 6) is 0.984. The lowest BCUT2D eigenvalue weighted by Crippen LogP contribution is -2.32. The van der Waals surface area contributed by atoms with Crippen molar-refractivity contribution in [3.63, 3.8) is 0 Å². The molecule has 0 radical (unpaired) electrons. The molecule has 1 aromatic carbocycles. The molecule has 0 heterocycles. The van der Waals surface area contributed by atoms with Crippen LogP contribution in [0.15, 0.2) is 24.3 Å². The number of nitrogens with one attached hydrogen (secondary N) is 1. The van der Waals surface area contributed by atoms with Crippen molar-refractivity contribution in [1.82, 2.24) is 10.2 Å². The van der Waals surface area contributed by atoms with Crippen molar-refractivity contribution in [1.29, 1.82) is 0 Å². The van der Waals surface area contributed by atoms with Crippen LogP contribution in [0.4, 0.5) is 0 Å². The fraction of sp³-hybridized carbons (Fsp3) is 0.625. The van der Waals surface area contributed by atoms with E-state index in [9.17, 15) is 0 Å². The number of benzene rings is 1. The van der Waals surface area contributed by atoms with Crippen LogP contribution in [-0.2, 0) is 6.54 Å². The molecule has 0 spiro atoms. The first kappa shape index (κ1) is 14.4. The summed E-state index contributed by atoms with van der Waals surface area (Å²) in [7, 11) is 3.93. The molecule has 0 amide bonds. The van der Waals surface area contributed by atoms with Gasteiger partial charge in [-0.3, -0.25) is 4.90 Å². The number of ether oxygens (including phenoxy) is 1. The van der Waals surface area contributed by atoms with E-state index in [1.165, 1.54) is 24.8 Å². The van der Waals surface area contributed by atoms with Crippen molar-refractivity contribution < 1.29 is 4.74 Å². The summed E-state index contributed by atoms with van der Waals surface area (Å²) in [5.41, 5.74) is 1.26. The van der Waals surface area contributed by atoms with Gasteiger partial charge in [0.05, 0.1) is 7.11 Å². The molecule has 0 saturated heterocycles. The van der Waals surface area contributed by atoms with Crippen molar-refractivity contribution in [2.45, 2.75) is 44.8 Å². The second-order valence-corrected chi connectivity index (χ2v) is 5.59. The highest BCUT2D eigenvalue weighted by Crippen LogP contribution is 2.21. The molecule has 1 unspecified atom stereocenters. The van der Waals surface area contributed by atoms with E-state index < -0.39 is 0 Å². The number of nitrogens with zero attached hydrogens (tertiary/aromatic N) is 1. The zero-order valence-corrected chi connectivity index (χ0v) is 12.4. The topological polar surface area (TPSA) is 24.5 Å². The molecule has 1 atom stereocenters. The average Bonchev–Trinajstić information content (AvgIpc) is 3.23. The summed E-state index contributed by atoms with van der Waals surface area (Å²) in [4.78, 5) is 2.40. The highest BCUT2D eigenvalue weighted by Gasteiger charge is 2.20. The Balaban J connectivity index is 1.79. The zero-order valence-electron chi connectivity index (χ0n) is 12.4. The Labute approximate surface area is 116 Å². The van der Waals surface area contributed by atoms with Gasteiger partial charge in [-0.15, -0.1) is 0 Å². The van der Waals surface area contributed by atoms with Crippen LogP contribution < -0.4 is 10.1 Å². The maximum Gasteiger partial charge on any atom is 0.123 e. The van der Waals surface area contributed by atoms with Crippen molar-refractivity contribution >= 4 is 0 Å². The Bertz CT molecular complexity index is 390. The van der Waals surface area contributed by atoms with Crippen LogP contribution in [0.5, 0.6) is 5.75 Å². The minimum absolute atomic E-state index is 0.580. The highest BCUT2D eigenvalue weighted by molar-refractivity contribution is 5.33. The van der Waals surface area contributed by atoms with Gasteiger partial charge in [-0.05, 0) is 45.8 Å². The summed E-state index contributed by atoms with van der Waals surface area (Å²) >= 11 is 0. The number of hydrogen-bond donors (Lipinski definition) is 1. The molecule has 1 aliphatic carbocycles. The molecule has 1 N–H and O–H groups in total. The number of hydrogen-bond acceptors (Lipinski definition) is 3. The molecule has 1 fully saturated rings. The third kappa shape index (κ3) is 4.51. The standard InChI is InChI=1S/C16H26N2O/c1-13(10-11-17-15-8-9-15)18(2)12-14-6-4-5-7-16(14)19-3/h4-7,13,15,17H,8-12H2,1-3H3. The van der Waals surface area contributed by atoms with Gasteiger partial charge in [-0.2, -0.15) is 0 Å². The lowest BCUT2D eigenvalue weighted by molar-refractivity contribution is 0.233. The van der Waals surface area contributed by atoms with E-state index in [1.807, 2.05) is 12.1 Å². The van der Waals surface area contributed by atoms with Gasteiger partial charge >= 0.3 is 0 Å². The molecule has 0 aromatic heterocycles. The third-order valence-electron chi connectivity index (χ3n) is 3.94. The second kappa shape index (κ2) is 6.92. The minimum Gasteiger partial charge on any atom is -0.496 e. The summed E-state index contributed by atoms with van der Waals surface area (Å²) in [5, 5.41) is 3.58. The largest absolute Gasteiger partial charge is 0.496 e. The van der Waals surface area contributed by atoms with E-state index >= 15 is 0 Å². The molecule has 1 aromatic rings. The molecule has 3 heteroatoms. The van der Waals surface area contributed by atoms with Crippen molar-refractivity contribution in [2.24, 2.45) is 0 Å². The predicted octanol–water partition coefficient (Wildman–Crippen LogP) is 2.66. The first-order valence-corrected chi connectivity index (χ1v) is 7.26. The average molecular weight is 262 g/mol. The minimum atomic E-state index is 0.580. The molecule has 0 aliphatic heterocycles. The first-order chi connectivity index (χ1) is 9.20. The van der Waals surface area contributed by atoms with Gasteiger partial charge in [0.25, 0.3) is 0 Å². The molecule has 0 bridgehead atoms. The fourth-order valence-corrected chi connectivity index (χ4v) is 2.26. The van der Waals surface area contributed by atoms with E-state index in [2.05, 4.69) is 36.3 Å². The predicted molar refractivity (Wildman–Crippen MR) is 79.6 cm³/mol. The van der Waals surface area contributed by atoms with Gasteiger partial charge in [0.15, 0.2) is 0 Å². The summed E-state index contributed by atoms with van der Waals surface area (Å²) in [6.45, 7) is 4.36. The molecule has 3 nitrogen and oxygen atoms in total. The van der Waals surface area contributed by atoms with Crippen LogP contribution in [0, 0.1) is 0 Å². The Hall–Kier alpha value is -1.06. The zero-order chi connectivity index (χ0) is 13.7. The molecule has 1 saturated carbocycles. The third-order valence-corrected chi connectivity index (χ3v) is 3.94. The maximum atomic E-state index is 5.41. The Morgan fingerprint density at radius 2 is 2.11 bits per heavy atom. The van der Waals surface area contributed by atoms with Crippen LogP contribution in [-0.4, -0.2) is 37.7 Å². The fourth-order valence-electron chi connectivity index (χ4n) is 2.26. The van der Waals surface area contributed by atoms with Crippen LogP contribution in [0.1, 0.15) is 31.7 Å². The van der Waals surface area contributed by atoms with Gasteiger partial charge in [0, 0.05) is 24.2 Å². The van der Waals surface area contributed by atoms with Crippen molar-refractivity contribution in [2.75, 3.05) is 20.7 Å². The van der Waals surface area contributed by atoms with Crippen LogP contribution in [0.2, 0.25) is 0 Å². The van der Waals surface area contributed by atoms with Crippen molar-refractivity contribution in [3.05, 3.63) is 29.8 Å². The Morgan fingerprint density at radius 3 is 2.79 bits per heavy atom. The van der Waals surface area contributed by atoms with E-state index in [0.717, 1.165) is 24.9 Å². The molecule has 2 rings (SSSR count). The van der Waals surface area contributed by atoms with E-state index in [0.29, 0.717) is 6.04 Å². The van der Waals surface area contributed by atoms with Gasteiger partial charge in [0.2, 0.25) is 0 Å². The van der Waals surface area contributed by atoms with E-state index in [-0.39, 0.29) is 0 Å². The van der Waals surface area contributed by atoms with Gasteiger partial charge in [0.1, 0.15) is 5.75 Å². The van der Waals surface area contributed by atoms with Gasteiger partial charge in [-0.1, -0.05) is 18.2 Å². The number of para-hydroxylation sites is 1. The number of rotatable bonds is 8. The Kier molecular flexibility index (Phi) is 5.23. The van der Waals surface area contributed by atoms with Gasteiger partial charge in [-0.25, -0.2) is 0 Å². The first-order valence-electron chi connectivity index (χ1n) is 7.26. The lowest BCUT2D eigenvalue weighted by Gasteiger charge is -2.25. The molecule has 106 valence electrons. The quantitative estimate of drug-likeness (QED) is 0.779. The molecular formula is C16H26N2O. The lowest BCUT2D eigenvalue weighted by atomic mass is 10.1. The van der Waals surface area contributed by atoms with E-state index in [1.54, 1.807) is 7.11 Å². The number of methoxy groups -OCH3 is 1. The van der Waals surface area contributed by atoms with Crippen LogP contribution >= 0.6 is 0 Å². The SMILES string of the molecule is COc1ccccc1CN(C)C(C)CCNC1CC1. The maximum absolute atomic E-state index is 5.41. The molecular weight excluding hydrogens is 236 g/mol. The molecule has 19 heavy (non-hydrogen) atoms. The smallest absolute Gasteiger partial charge is 0.123 e. The summed E-state index contributed by atoms with van der Waals surface area (Å²) in [6.07, 6.45) is 3.93. The van der Waals surface area contributed by atoms with Crippen LogP contribution in [0.25, 0.3) is 0 Å². The summed E-state index contributed by atoms with van der Waals surface area (Å²) in [6, 6.07) is 9.66. The molecule has 1 aliphatic rings. The second-order valence-electron chi connectivity index (χ2n) is 5.59. The monoisotopic (exact) mass is 262 g/mol. The highest BCUT2D eigenvalue weighted by atomic mass is 16.5. The van der Waals surface area contributed by atoms with Gasteiger partial charge < -0.3 is 10.1 Å². The van der Waals surface area contributed by atoms with Crippen LogP contribution in [0.3, 0.4) is 0 Å². The van der Waals surface area contributed by atoms with E-state index in [4.69, 9.17) is 4.74 Å².